The molecule has 5 rings (SSSR count). The Balaban J connectivity index is 1.26. The fourth-order valence-corrected chi connectivity index (χ4v) is 6.32. The summed E-state index contributed by atoms with van der Waals surface area (Å²) in [4.78, 5) is 18.3. The van der Waals surface area contributed by atoms with Gasteiger partial charge in [-0.2, -0.15) is 5.10 Å². The standard InChI is InChI=1S/C30H35Cl3N4O2/c1-21-19-34-37(20-21)28(16-23-4-5-24(31)17-27(23)33)30(38)36-12-8-22(9-13-36)26-7-6-25(32)18-29(26)39-15-14-35-10-2-3-11-35/h4-7,17-20,22,28H,2-3,8-16H2,1H3. The molecule has 9 heteroatoms. The van der Waals surface area contributed by atoms with Gasteiger partial charge in [0.2, 0.25) is 5.91 Å². The number of benzene rings is 2. The van der Waals surface area contributed by atoms with Crippen molar-refractivity contribution < 1.29 is 9.53 Å². The zero-order valence-electron chi connectivity index (χ0n) is 22.3. The van der Waals surface area contributed by atoms with Crippen molar-refractivity contribution in [2.45, 2.75) is 51.0 Å². The van der Waals surface area contributed by atoms with Gasteiger partial charge in [0, 0.05) is 47.3 Å². The van der Waals surface area contributed by atoms with Crippen molar-refractivity contribution in [2.75, 3.05) is 39.3 Å². The summed E-state index contributed by atoms with van der Waals surface area (Å²) in [6, 6.07) is 10.9. The van der Waals surface area contributed by atoms with Gasteiger partial charge in [-0.1, -0.05) is 46.9 Å². The van der Waals surface area contributed by atoms with E-state index >= 15 is 0 Å². The Kier molecular flexibility index (Phi) is 9.39. The third-order valence-electron chi connectivity index (χ3n) is 7.85. The maximum atomic E-state index is 13.9. The van der Waals surface area contributed by atoms with E-state index in [4.69, 9.17) is 39.5 Å². The van der Waals surface area contributed by atoms with E-state index in [0.29, 0.717) is 47.1 Å². The van der Waals surface area contributed by atoms with E-state index in [9.17, 15) is 4.79 Å². The maximum absolute atomic E-state index is 13.9. The van der Waals surface area contributed by atoms with Crippen LogP contribution in [-0.4, -0.2) is 64.8 Å². The largest absolute Gasteiger partial charge is 0.492 e. The molecule has 1 unspecified atom stereocenters. The van der Waals surface area contributed by atoms with Gasteiger partial charge >= 0.3 is 0 Å². The van der Waals surface area contributed by atoms with Crippen LogP contribution < -0.4 is 4.74 Å². The van der Waals surface area contributed by atoms with Crippen LogP contribution in [0.2, 0.25) is 15.1 Å². The van der Waals surface area contributed by atoms with Crippen LogP contribution in [0.25, 0.3) is 0 Å². The van der Waals surface area contributed by atoms with E-state index in [2.05, 4.69) is 16.1 Å². The lowest BCUT2D eigenvalue weighted by Crippen LogP contribution is -2.43. The van der Waals surface area contributed by atoms with Gasteiger partial charge in [-0.15, -0.1) is 0 Å². The van der Waals surface area contributed by atoms with E-state index < -0.39 is 6.04 Å². The Labute approximate surface area is 245 Å². The van der Waals surface area contributed by atoms with Crippen LogP contribution >= 0.6 is 34.8 Å². The average molecular weight is 590 g/mol. The lowest BCUT2D eigenvalue weighted by atomic mass is 9.88. The molecule has 0 N–H and O–H groups in total. The molecule has 1 amide bonds. The van der Waals surface area contributed by atoms with Gasteiger partial charge in [-0.05, 0) is 92.6 Å². The molecule has 39 heavy (non-hydrogen) atoms. The SMILES string of the molecule is Cc1cnn(C(Cc2ccc(Cl)cc2Cl)C(=O)N2CCC(c3ccc(Cl)cc3OCCN3CCCC3)CC2)c1. The van der Waals surface area contributed by atoms with Crippen molar-refractivity contribution in [3.8, 4) is 5.75 Å². The quantitative estimate of drug-likeness (QED) is 0.275. The topological polar surface area (TPSA) is 50.6 Å². The smallest absolute Gasteiger partial charge is 0.247 e. The number of carbonyl (C=O) groups excluding carboxylic acids is 1. The molecule has 1 atom stereocenters. The number of nitrogens with zero attached hydrogens (tertiary/aromatic N) is 4. The number of hydrogen-bond donors (Lipinski definition) is 0. The molecule has 3 aromatic rings. The summed E-state index contributed by atoms with van der Waals surface area (Å²) >= 11 is 18.9. The lowest BCUT2D eigenvalue weighted by Gasteiger charge is -2.35. The number of rotatable bonds is 9. The number of carbonyl (C=O) groups is 1. The first-order chi connectivity index (χ1) is 18.9. The van der Waals surface area contributed by atoms with Gasteiger partial charge in [-0.25, -0.2) is 0 Å². The molecule has 6 nitrogen and oxygen atoms in total. The number of aryl methyl sites for hydroxylation is 1. The molecule has 0 saturated carbocycles. The van der Waals surface area contributed by atoms with E-state index in [1.54, 1.807) is 23.0 Å². The zero-order chi connectivity index (χ0) is 27.4. The first-order valence-corrected chi connectivity index (χ1v) is 14.9. The third kappa shape index (κ3) is 7.10. The van der Waals surface area contributed by atoms with Crippen LogP contribution in [0.1, 0.15) is 54.3 Å². The highest BCUT2D eigenvalue weighted by molar-refractivity contribution is 6.35. The number of piperidine rings is 1. The molecule has 0 spiro atoms. The summed E-state index contributed by atoms with van der Waals surface area (Å²) in [6.07, 6.45) is 8.41. The van der Waals surface area contributed by atoms with E-state index in [1.807, 2.05) is 36.2 Å². The summed E-state index contributed by atoms with van der Waals surface area (Å²) in [5.41, 5.74) is 3.06. The number of likely N-dealkylation sites (tertiary alicyclic amines) is 2. The number of ether oxygens (including phenoxy) is 1. The zero-order valence-corrected chi connectivity index (χ0v) is 24.6. The molecule has 0 aliphatic carbocycles. The number of halogens is 3. The Bertz CT molecular complexity index is 1280. The summed E-state index contributed by atoms with van der Waals surface area (Å²) in [5, 5.41) is 6.30. The normalized spacial score (nSPS) is 17.5. The van der Waals surface area contributed by atoms with Crippen LogP contribution in [0.15, 0.2) is 48.8 Å². The third-order valence-corrected chi connectivity index (χ3v) is 8.67. The fraction of sp³-hybridized carbons (Fsp3) is 0.467. The molecule has 0 radical (unpaired) electrons. The lowest BCUT2D eigenvalue weighted by molar-refractivity contribution is -0.136. The van der Waals surface area contributed by atoms with Gasteiger partial charge < -0.3 is 9.64 Å². The second kappa shape index (κ2) is 12.9. The molecule has 2 aromatic carbocycles. The van der Waals surface area contributed by atoms with Gasteiger partial charge in [-0.3, -0.25) is 14.4 Å². The van der Waals surface area contributed by atoms with Gasteiger partial charge in [0.15, 0.2) is 0 Å². The molecule has 2 fully saturated rings. The highest BCUT2D eigenvalue weighted by Crippen LogP contribution is 2.37. The summed E-state index contributed by atoms with van der Waals surface area (Å²) in [5.74, 6) is 1.23. The van der Waals surface area contributed by atoms with Crippen molar-refractivity contribution in [3.63, 3.8) is 0 Å². The first kappa shape index (κ1) is 28.3. The number of hydrogen-bond acceptors (Lipinski definition) is 4. The van der Waals surface area contributed by atoms with Crippen LogP contribution in [-0.2, 0) is 11.2 Å². The molecule has 2 aliphatic heterocycles. The van der Waals surface area contributed by atoms with Crippen molar-refractivity contribution >= 4 is 40.7 Å². The van der Waals surface area contributed by atoms with Crippen LogP contribution in [0.4, 0.5) is 0 Å². The van der Waals surface area contributed by atoms with Gasteiger partial charge in [0.1, 0.15) is 18.4 Å². The second-order valence-electron chi connectivity index (χ2n) is 10.6. The molecule has 0 bridgehead atoms. The molecule has 3 heterocycles. The average Bonchev–Trinajstić information content (AvgIpc) is 3.60. The molecule has 2 aliphatic rings. The number of aromatic nitrogens is 2. The van der Waals surface area contributed by atoms with Crippen molar-refractivity contribution in [2.24, 2.45) is 0 Å². The molecule has 2 saturated heterocycles. The molecule has 208 valence electrons. The Hall–Kier alpha value is -2.25. The van der Waals surface area contributed by atoms with Gasteiger partial charge in [0.25, 0.3) is 0 Å². The van der Waals surface area contributed by atoms with E-state index in [0.717, 1.165) is 49.4 Å². The minimum Gasteiger partial charge on any atom is -0.492 e. The van der Waals surface area contributed by atoms with Gasteiger partial charge in [0.05, 0.1) is 6.20 Å². The second-order valence-corrected chi connectivity index (χ2v) is 11.9. The number of amides is 1. The minimum atomic E-state index is -0.478. The summed E-state index contributed by atoms with van der Waals surface area (Å²) in [6.45, 7) is 7.22. The maximum Gasteiger partial charge on any atom is 0.247 e. The molecular weight excluding hydrogens is 555 g/mol. The van der Waals surface area contributed by atoms with E-state index in [-0.39, 0.29) is 5.91 Å². The molecule has 1 aromatic heterocycles. The fourth-order valence-electron chi connectivity index (χ4n) is 5.68. The monoisotopic (exact) mass is 588 g/mol. The Morgan fingerprint density at radius 3 is 2.44 bits per heavy atom. The highest BCUT2D eigenvalue weighted by atomic mass is 35.5. The predicted octanol–water partition coefficient (Wildman–Crippen LogP) is 6.82. The minimum absolute atomic E-state index is 0.0563. The van der Waals surface area contributed by atoms with Crippen LogP contribution in [0.5, 0.6) is 5.75 Å². The predicted molar refractivity (Wildman–Crippen MR) is 157 cm³/mol. The Morgan fingerprint density at radius 1 is 1.03 bits per heavy atom. The first-order valence-electron chi connectivity index (χ1n) is 13.8. The summed E-state index contributed by atoms with van der Waals surface area (Å²) < 4.78 is 8.02. The summed E-state index contributed by atoms with van der Waals surface area (Å²) in [7, 11) is 0. The Morgan fingerprint density at radius 2 is 1.74 bits per heavy atom. The van der Waals surface area contributed by atoms with E-state index in [1.165, 1.54) is 18.4 Å². The van der Waals surface area contributed by atoms with Crippen molar-refractivity contribution in [1.82, 2.24) is 19.6 Å². The van der Waals surface area contributed by atoms with Crippen LogP contribution in [0, 0.1) is 6.92 Å². The van der Waals surface area contributed by atoms with Crippen LogP contribution in [0.3, 0.4) is 0 Å². The molecular formula is C30H35Cl3N4O2. The van der Waals surface area contributed by atoms with Crippen molar-refractivity contribution in [3.05, 3.63) is 80.6 Å². The highest BCUT2D eigenvalue weighted by Gasteiger charge is 2.32. The van der Waals surface area contributed by atoms with Crippen molar-refractivity contribution in [1.29, 1.82) is 0 Å².